The summed E-state index contributed by atoms with van der Waals surface area (Å²) in [4.78, 5) is 4.44. The Morgan fingerprint density at radius 3 is 3.06 bits per heavy atom. The highest BCUT2D eigenvalue weighted by molar-refractivity contribution is 7.80. The van der Waals surface area contributed by atoms with Crippen molar-refractivity contribution < 1.29 is 0 Å². The molecule has 2 rings (SSSR count). The Hall–Kier alpha value is -1.95. The summed E-state index contributed by atoms with van der Waals surface area (Å²) < 4.78 is 1.76. The van der Waals surface area contributed by atoms with E-state index in [1.807, 2.05) is 31.6 Å². The van der Waals surface area contributed by atoms with E-state index in [1.54, 1.807) is 10.9 Å². The number of pyridine rings is 1. The Bertz CT molecular complexity index is 534. The minimum atomic E-state index is 0.291. The predicted octanol–water partition coefficient (Wildman–Crippen LogP) is 1.06. The van der Waals surface area contributed by atoms with Crippen LogP contribution >= 0.6 is 12.2 Å². The predicted molar refractivity (Wildman–Crippen MR) is 70.7 cm³/mol. The zero-order chi connectivity index (χ0) is 12.3. The quantitative estimate of drug-likeness (QED) is 0.791. The number of nitrogens with one attached hydrogen (secondary N) is 1. The minimum Gasteiger partial charge on any atom is -0.388 e. The summed E-state index contributed by atoms with van der Waals surface area (Å²) in [6, 6.07) is 3.74. The fourth-order valence-electron chi connectivity index (χ4n) is 1.50. The Morgan fingerprint density at radius 1 is 1.59 bits per heavy atom. The summed E-state index contributed by atoms with van der Waals surface area (Å²) in [6.07, 6.45) is 5.43. The van der Waals surface area contributed by atoms with Crippen LogP contribution in [0, 0.1) is 0 Å². The van der Waals surface area contributed by atoms with Gasteiger partial charge in [0.1, 0.15) is 10.7 Å². The molecule has 2 aromatic rings. The van der Waals surface area contributed by atoms with Crippen molar-refractivity contribution in [3.05, 3.63) is 42.0 Å². The zero-order valence-corrected chi connectivity index (χ0v) is 10.2. The van der Waals surface area contributed by atoms with Gasteiger partial charge in [-0.1, -0.05) is 12.2 Å². The van der Waals surface area contributed by atoms with E-state index in [4.69, 9.17) is 18.0 Å². The number of nitrogens with two attached hydrogens (primary N) is 1. The molecule has 0 atom stereocenters. The Morgan fingerprint density at radius 2 is 2.41 bits per heavy atom. The second kappa shape index (κ2) is 4.92. The topological polar surface area (TPSA) is 68.8 Å². The number of anilines is 1. The molecule has 0 fully saturated rings. The second-order valence-corrected chi connectivity index (χ2v) is 4.08. The minimum absolute atomic E-state index is 0.291. The highest BCUT2D eigenvalue weighted by Crippen LogP contribution is 2.13. The van der Waals surface area contributed by atoms with Crippen LogP contribution in [0.15, 0.2) is 30.7 Å². The molecule has 0 saturated heterocycles. The summed E-state index contributed by atoms with van der Waals surface area (Å²) in [7, 11) is 1.88. The molecule has 0 aromatic carbocycles. The summed E-state index contributed by atoms with van der Waals surface area (Å²) in [5, 5.41) is 7.34. The third-order valence-corrected chi connectivity index (χ3v) is 2.48. The number of rotatable bonds is 4. The van der Waals surface area contributed by atoms with Gasteiger partial charge in [-0.2, -0.15) is 5.10 Å². The van der Waals surface area contributed by atoms with Gasteiger partial charge >= 0.3 is 0 Å². The second-order valence-electron chi connectivity index (χ2n) is 3.64. The van der Waals surface area contributed by atoms with Crippen LogP contribution in [0.1, 0.15) is 11.3 Å². The Balaban J connectivity index is 2.11. The third kappa shape index (κ3) is 2.79. The molecule has 0 radical (unpaired) electrons. The lowest BCUT2D eigenvalue weighted by Gasteiger charge is -2.08. The normalized spacial score (nSPS) is 10.2. The molecular formula is C11H13N5S. The highest BCUT2D eigenvalue weighted by atomic mass is 32.1. The lowest BCUT2D eigenvalue weighted by molar-refractivity contribution is 0.767. The van der Waals surface area contributed by atoms with Gasteiger partial charge in [-0.05, 0) is 12.1 Å². The molecule has 0 bridgehead atoms. The molecule has 88 valence electrons. The maximum atomic E-state index is 5.60. The van der Waals surface area contributed by atoms with Crippen molar-refractivity contribution in [2.75, 3.05) is 5.32 Å². The third-order valence-electron chi connectivity index (χ3n) is 2.28. The van der Waals surface area contributed by atoms with Crippen LogP contribution in [0.25, 0.3) is 0 Å². The van der Waals surface area contributed by atoms with Crippen LogP contribution in [-0.2, 0) is 13.6 Å². The number of aromatic nitrogens is 3. The van der Waals surface area contributed by atoms with Crippen molar-refractivity contribution in [1.29, 1.82) is 0 Å². The summed E-state index contributed by atoms with van der Waals surface area (Å²) >= 11 is 4.94. The van der Waals surface area contributed by atoms with Gasteiger partial charge in [0.25, 0.3) is 0 Å². The molecule has 6 heteroatoms. The fraction of sp³-hybridized carbons (Fsp3) is 0.182. The molecule has 2 heterocycles. The van der Waals surface area contributed by atoms with E-state index in [1.165, 1.54) is 0 Å². The van der Waals surface area contributed by atoms with Crippen LogP contribution in [0.4, 0.5) is 5.69 Å². The molecule has 0 aliphatic rings. The van der Waals surface area contributed by atoms with Crippen molar-refractivity contribution >= 4 is 22.9 Å². The summed E-state index contributed by atoms with van der Waals surface area (Å²) in [5.41, 5.74) is 8.14. The van der Waals surface area contributed by atoms with Crippen LogP contribution in [0.5, 0.6) is 0 Å². The molecule has 0 spiro atoms. The van der Waals surface area contributed by atoms with Crippen molar-refractivity contribution in [3.63, 3.8) is 0 Å². The van der Waals surface area contributed by atoms with Gasteiger partial charge in [0, 0.05) is 31.5 Å². The summed E-state index contributed by atoms with van der Waals surface area (Å²) in [5.74, 6) is 0. The Labute approximate surface area is 105 Å². The van der Waals surface area contributed by atoms with E-state index in [9.17, 15) is 0 Å². The lowest BCUT2D eigenvalue weighted by atomic mass is 10.2. The molecule has 0 unspecified atom stereocenters. The van der Waals surface area contributed by atoms with Gasteiger partial charge in [-0.25, -0.2) is 0 Å². The molecule has 5 nitrogen and oxygen atoms in total. The van der Waals surface area contributed by atoms with Gasteiger partial charge in [0.2, 0.25) is 0 Å². The summed E-state index contributed by atoms with van der Waals surface area (Å²) in [6.45, 7) is 0.662. The van der Waals surface area contributed by atoms with E-state index in [-0.39, 0.29) is 0 Å². The monoisotopic (exact) mass is 247 g/mol. The van der Waals surface area contributed by atoms with Crippen LogP contribution in [0.2, 0.25) is 0 Å². The lowest BCUT2D eigenvalue weighted by Crippen LogP contribution is -2.14. The van der Waals surface area contributed by atoms with Gasteiger partial charge in [-0.3, -0.25) is 9.67 Å². The van der Waals surface area contributed by atoms with Crippen molar-refractivity contribution in [2.24, 2.45) is 12.8 Å². The molecule has 3 N–H and O–H groups in total. The smallest absolute Gasteiger partial charge is 0.124 e. The van der Waals surface area contributed by atoms with E-state index in [2.05, 4.69) is 15.4 Å². The fourth-order valence-corrected chi connectivity index (χ4v) is 1.67. The van der Waals surface area contributed by atoms with E-state index in [0.717, 1.165) is 11.3 Å². The molecule has 0 aliphatic heterocycles. The van der Waals surface area contributed by atoms with Crippen LogP contribution in [-0.4, -0.2) is 19.8 Å². The number of hydrogen-bond acceptors (Lipinski definition) is 4. The molecule has 0 saturated carbocycles. The average molecular weight is 247 g/mol. The first kappa shape index (κ1) is 11.5. The maximum Gasteiger partial charge on any atom is 0.124 e. The van der Waals surface area contributed by atoms with E-state index < -0.39 is 0 Å². The van der Waals surface area contributed by atoms with Crippen molar-refractivity contribution in [3.8, 4) is 0 Å². The van der Waals surface area contributed by atoms with Gasteiger partial charge < -0.3 is 11.1 Å². The van der Waals surface area contributed by atoms with Gasteiger partial charge in [0.05, 0.1) is 11.9 Å². The van der Waals surface area contributed by atoms with Crippen molar-refractivity contribution in [2.45, 2.75) is 6.54 Å². The maximum absolute atomic E-state index is 5.60. The molecule has 0 aliphatic carbocycles. The largest absolute Gasteiger partial charge is 0.388 e. The van der Waals surface area contributed by atoms with E-state index >= 15 is 0 Å². The first-order valence-electron chi connectivity index (χ1n) is 5.13. The SMILES string of the molecule is Cn1cc(CNc2cccnc2C(N)=S)cn1. The highest BCUT2D eigenvalue weighted by Gasteiger charge is 2.05. The molecule has 17 heavy (non-hydrogen) atoms. The molecular weight excluding hydrogens is 234 g/mol. The number of hydrogen-bond donors (Lipinski definition) is 2. The zero-order valence-electron chi connectivity index (χ0n) is 9.42. The average Bonchev–Trinajstić information content (AvgIpc) is 2.73. The molecule has 2 aromatic heterocycles. The van der Waals surface area contributed by atoms with Gasteiger partial charge in [-0.15, -0.1) is 0 Å². The van der Waals surface area contributed by atoms with E-state index in [0.29, 0.717) is 17.2 Å². The Kier molecular flexibility index (Phi) is 3.34. The first-order chi connectivity index (χ1) is 8.16. The molecule has 0 amide bonds. The van der Waals surface area contributed by atoms with Crippen LogP contribution < -0.4 is 11.1 Å². The number of aryl methyl sites for hydroxylation is 1. The van der Waals surface area contributed by atoms with Crippen LogP contribution in [0.3, 0.4) is 0 Å². The number of thiocarbonyl (C=S) groups is 1. The number of nitrogens with zero attached hydrogens (tertiary/aromatic N) is 3. The van der Waals surface area contributed by atoms with Gasteiger partial charge in [0.15, 0.2) is 0 Å². The first-order valence-corrected chi connectivity index (χ1v) is 5.54. The van der Waals surface area contributed by atoms with Crippen molar-refractivity contribution in [1.82, 2.24) is 14.8 Å². The standard InChI is InChI=1S/C11H13N5S/c1-16-7-8(6-15-16)5-14-9-3-2-4-13-10(9)11(12)17/h2-4,6-7,14H,5H2,1H3,(H2,12,17).